The maximum Gasteiger partial charge on any atom is 0.139 e. The van der Waals surface area contributed by atoms with E-state index in [1.165, 1.54) is 88.1 Å². The van der Waals surface area contributed by atoms with Crippen molar-refractivity contribution < 1.29 is 4.42 Å². The molecule has 1 aromatic heterocycles. The third-order valence-electron chi connectivity index (χ3n) is 10.9. The van der Waals surface area contributed by atoms with Crippen LogP contribution in [0.1, 0.15) is 25.0 Å². The van der Waals surface area contributed by atoms with Crippen molar-refractivity contribution in [2.75, 3.05) is 0 Å². The highest BCUT2D eigenvalue weighted by atomic mass is 16.3. The summed E-state index contributed by atoms with van der Waals surface area (Å²) in [4.78, 5) is 0. The van der Waals surface area contributed by atoms with Crippen LogP contribution < -0.4 is 0 Å². The lowest BCUT2D eigenvalue weighted by molar-refractivity contribution is 0.619. The molecule has 50 heavy (non-hydrogen) atoms. The van der Waals surface area contributed by atoms with Gasteiger partial charge in [0.05, 0.1) is 0 Å². The lowest BCUT2D eigenvalue weighted by Crippen LogP contribution is -2.14. The van der Waals surface area contributed by atoms with Gasteiger partial charge in [-0.05, 0) is 83.7 Å². The molecule has 0 amide bonds. The Labute approximate surface area is 292 Å². The lowest BCUT2D eigenvalue weighted by atomic mass is 9.81. The molecule has 0 aliphatic heterocycles. The molecule has 0 N–H and O–H groups in total. The largest absolute Gasteiger partial charge is 0.456 e. The summed E-state index contributed by atoms with van der Waals surface area (Å²) in [6.45, 7) is 4.63. The fourth-order valence-corrected chi connectivity index (χ4v) is 8.51. The Morgan fingerprint density at radius 3 is 1.52 bits per heavy atom. The maximum atomic E-state index is 6.74. The van der Waals surface area contributed by atoms with Crippen LogP contribution in [0.3, 0.4) is 0 Å². The van der Waals surface area contributed by atoms with E-state index in [4.69, 9.17) is 4.42 Å². The Balaban J connectivity index is 1.14. The van der Waals surface area contributed by atoms with Crippen molar-refractivity contribution in [3.8, 4) is 55.8 Å². The standard InChI is InChI=1S/C49H34O/c1-49(2)43-22-11-10-21-41(43)48-47(49)42-28-27-36(30-44(42)50-48)46-39-19-8-6-17-37(39)45(38-18-7-9-20-40(38)46)35-16-12-15-34(29-35)33-25-23-32(24-26-33)31-13-4-3-5-14-31/h3-30H,1-2H3. The van der Waals surface area contributed by atoms with Crippen molar-refractivity contribution in [3.63, 3.8) is 0 Å². The number of fused-ring (bicyclic) bond motifs is 7. The quantitative estimate of drug-likeness (QED) is 0.175. The van der Waals surface area contributed by atoms with Crippen molar-refractivity contribution in [2.45, 2.75) is 19.3 Å². The zero-order valence-electron chi connectivity index (χ0n) is 28.1. The molecule has 1 aliphatic carbocycles. The first-order chi connectivity index (χ1) is 24.6. The van der Waals surface area contributed by atoms with Crippen LogP contribution in [0, 0.1) is 0 Å². The molecule has 0 bridgehead atoms. The summed E-state index contributed by atoms with van der Waals surface area (Å²) < 4.78 is 6.74. The monoisotopic (exact) mass is 638 g/mol. The van der Waals surface area contributed by atoms with E-state index in [0.29, 0.717) is 0 Å². The average Bonchev–Trinajstić information content (AvgIpc) is 3.67. The molecular formula is C49H34O. The molecule has 0 atom stereocenters. The van der Waals surface area contributed by atoms with Crippen molar-refractivity contribution in [3.05, 3.63) is 181 Å². The Kier molecular flexibility index (Phi) is 6.29. The summed E-state index contributed by atoms with van der Waals surface area (Å²) in [6, 6.07) is 61.8. The maximum absolute atomic E-state index is 6.74. The van der Waals surface area contributed by atoms with Crippen molar-refractivity contribution in [2.24, 2.45) is 0 Å². The van der Waals surface area contributed by atoms with Gasteiger partial charge in [-0.3, -0.25) is 0 Å². The number of furan rings is 1. The van der Waals surface area contributed by atoms with Crippen molar-refractivity contribution in [1.82, 2.24) is 0 Å². The van der Waals surface area contributed by atoms with Crippen LogP contribution in [0.5, 0.6) is 0 Å². The smallest absolute Gasteiger partial charge is 0.139 e. The summed E-state index contributed by atoms with van der Waals surface area (Å²) in [5.74, 6) is 1.01. The van der Waals surface area contributed by atoms with Gasteiger partial charge in [-0.15, -0.1) is 0 Å². The molecule has 0 fully saturated rings. The van der Waals surface area contributed by atoms with Crippen LogP contribution in [-0.4, -0.2) is 0 Å². The first kappa shape index (κ1) is 28.8. The number of hydrogen-bond donors (Lipinski definition) is 0. The minimum Gasteiger partial charge on any atom is -0.456 e. The fourth-order valence-electron chi connectivity index (χ4n) is 8.51. The van der Waals surface area contributed by atoms with Gasteiger partial charge in [0.15, 0.2) is 0 Å². The van der Waals surface area contributed by atoms with E-state index in [-0.39, 0.29) is 5.41 Å². The average molecular weight is 639 g/mol. The Morgan fingerprint density at radius 2 is 0.860 bits per heavy atom. The Morgan fingerprint density at radius 1 is 0.380 bits per heavy atom. The molecule has 0 radical (unpaired) electrons. The third kappa shape index (κ3) is 4.27. The summed E-state index contributed by atoms with van der Waals surface area (Å²) in [6.07, 6.45) is 0. The predicted octanol–water partition coefficient (Wildman–Crippen LogP) is 13.7. The molecule has 9 aromatic rings. The van der Waals surface area contributed by atoms with Crippen LogP contribution in [0.2, 0.25) is 0 Å². The number of hydrogen-bond acceptors (Lipinski definition) is 1. The fraction of sp³-hybridized carbons (Fsp3) is 0.0612. The van der Waals surface area contributed by atoms with Gasteiger partial charge in [0.25, 0.3) is 0 Å². The highest BCUT2D eigenvalue weighted by Gasteiger charge is 2.40. The van der Waals surface area contributed by atoms with Crippen molar-refractivity contribution >= 4 is 32.5 Å². The summed E-state index contributed by atoms with van der Waals surface area (Å²) in [7, 11) is 0. The molecule has 1 nitrogen and oxygen atoms in total. The SMILES string of the molecule is CC1(C)c2ccccc2-c2oc3cc(-c4c5ccccc5c(-c5cccc(-c6ccc(-c7ccccc7)cc6)c5)c5ccccc45)ccc3c21. The topological polar surface area (TPSA) is 13.1 Å². The molecule has 8 aromatic carbocycles. The van der Waals surface area contributed by atoms with Gasteiger partial charge in [0.1, 0.15) is 11.3 Å². The zero-order chi connectivity index (χ0) is 33.4. The highest BCUT2D eigenvalue weighted by Crippen LogP contribution is 2.53. The van der Waals surface area contributed by atoms with Gasteiger partial charge in [0, 0.05) is 21.9 Å². The molecule has 10 rings (SSSR count). The second-order valence-electron chi connectivity index (χ2n) is 14.1. The molecule has 0 unspecified atom stereocenters. The van der Waals surface area contributed by atoms with Crippen LogP contribution in [-0.2, 0) is 5.41 Å². The van der Waals surface area contributed by atoms with Gasteiger partial charge < -0.3 is 4.42 Å². The van der Waals surface area contributed by atoms with Crippen LogP contribution >= 0.6 is 0 Å². The van der Waals surface area contributed by atoms with E-state index >= 15 is 0 Å². The lowest BCUT2D eigenvalue weighted by Gasteiger charge is -2.21. The van der Waals surface area contributed by atoms with Gasteiger partial charge in [-0.1, -0.05) is 172 Å². The van der Waals surface area contributed by atoms with Crippen LogP contribution in [0.4, 0.5) is 0 Å². The molecule has 1 aliphatic rings. The van der Waals surface area contributed by atoms with Gasteiger partial charge >= 0.3 is 0 Å². The number of rotatable bonds is 4. The summed E-state index contributed by atoms with van der Waals surface area (Å²) in [5, 5.41) is 6.17. The van der Waals surface area contributed by atoms with Gasteiger partial charge in [0.2, 0.25) is 0 Å². The summed E-state index contributed by atoms with van der Waals surface area (Å²) in [5.41, 5.74) is 14.4. The second-order valence-corrected chi connectivity index (χ2v) is 14.1. The minimum absolute atomic E-state index is 0.113. The second kappa shape index (κ2) is 10.9. The van der Waals surface area contributed by atoms with Crippen LogP contribution in [0.15, 0.2) is 174 Å². The third-order valence-corrected chi connectivity index (χ3v) is 10.9. The number of benzene rings is 8. The normalized spacial score (nSPS) is 13.2. The van der Waals surface area contributed by atoms with Gasteiger partial charge in [-0.2, -0.15) is 0 Å². The summed E-state index contributed by atoms with van der Waals surface area (Å²) >= 11 is 0. The first-order valence-corrected chi connectivity index (χ1v) is 17.4. The van der Waals surface area contributed by atoms with E-state index in [0.717, 1.165) is 11.3 Å². The first-order valence-electron chi connectivity index (χ1n) is 17.4. The molecule has 1 heteroatoms. The predicted molar refractivity (Wildman–Crippen MR) is 211 cm³/mol. The van der Waals surface area contributed by atoms with E-state index < -0.39 is 0 Å². The van der Waals surface area contributed by atoms with Gasteiger partial charge in [-0.25, -0.2) is 0 Å². The molecule has 0 saturated heterocycles. The molecule has 1 heterocycles. The minimum atomic E-state index is -0.113. The Hall–Kier alpha value is -6.18. The zero-order valence-corrected chi connectivity index (χ0v) is 28.1. The van der Waals surface area contributed by atoms with E-state index in [1.807, 2.05) is 0 Å². The van der Waals surface area contributed by atoms with Crippen molar-refractivity contribution in [1.29, 1.82) is 0 Å². The van der Waals surface area contributed by atoms with E-state index in [9.17, 15) is 0 Å². The molecular weight excluding hydrogens is 605 g/mol. The van der Waals surface area contributed by atoms with E-state index in [1.54, 1.807) is 0 Å². The Bertz CT molecular complexity index is 2700. The molecule has 0 saturated carbocycles. The highest BCUT2D eigenvalue weighted by molar-refractivity contribution is 6.21. The van der Waals surface area contributed by atoms with Crippen LogP contribution in [0.25, 0.3) is 88.3 Å². The molecule has 236 valence electrons. The van der Waals surface area contributed by atoms with E-state index in [2.05, 4.69) is 184 Å². The molecule has 0 spiro atoms.